The van der Waals surface area contributed by atoms with Crippen molar-refractivity contribution in [3.05, 3.63) is 23.8 Å². The maximum atomic E-state index is 11.3. The Balaban J connectivity index is 2.42. The average molecular weight is 252 g/mol. The Hall–Kier alpha value is -1.75. The molecule has 0 radical (unpaired) electrons. The third-order valence-corrected chi connectivity index (χ3v) is 2.48. The smallest absolute Gasteiger partial charge is 0.233 e. The number of phenolic OH excluding ortho intramolecular Hbond substituents is 1. The van der Waals surface area contributed by atoms with Gasteiger partial charge in [-0.15, -0.1) is 0 Å². The van der Waals surface area contributed by atoms with Crippen molar-refractivity contribution in [3.63, 3.8) is 0 Å². The molecule has 3 N–H and O–H groups in total. The number of ether oxygens (including phenoxy) is 1. The zero-order chi connectivity index (χ0) is 13.4. The average Bonchev–Trinajstić information content (AvgIpc) is 2.38. The van der Waals surface area contributed by atoms with Crippen LogP contribution in [0.2, 0.25) is 0 Å². The van der Waals surface area contributed by atoms with Crippen molar-refractivity contribution in [2.24, 2.45) is 0 Å². The minimum absolute atomic E-state index is 0.0424. The first-order valence-electron chi connectivity index (χ1n) is 6.01. The van der Waals surface area contributed by atoms with Crippen LogP contribution >= 0.6 is 0 Å². The molecule has 0 saturated carbocycles. The number of carbonyl (C=O) groups excluding carboxylic acids is 1. The largest absolute Gasteiger partial charge is 0.504 e. The van der Waals surface area contributed by atoms with Crippen LogP contribution in [0.4, 0.5) is 0 Å². The number of methoxy groups -OCH3 is 1. The van der Waals surface area contributed by atoms with Gasteiger partial charge in [0.2, 0.25) is 5.91 Å². The molecule has 5 nitrogen and oxygen atoms in total. The van der Waals surface area contributed by atoms with E-state index in [-0.39, 0.29) is 18.2 Å². The molecular weight excluding hydrogens is 232 g/mol. The molecule has 0 aliphatic heterocycles. The molecule has 0 aliphatic carbocycles. The van der Waals surface area contributed by atoms with Crippen LogP contribution in [0.5, 0.6) is 11.5 Å². The first-order valence-corrected chi connectivity index (χ1v) is 6.01. The molecule has 0 spiro atoms. The summed E-state index contributed by atoms with van der Waals surface area (Å²) in [5.41, 5.74) is 0.706. The van der Waals surface area contributed by atoms with Crippen LogP contribution in [0.3, 0.4) is 0 Å². The van der Waals surface area contributed by atoms with E-state index >= 15 is 0 Å². The highest BCUT2D eigenvalue weighted by molar-refractivity contribution is 5.77. The fourth-order valence-electron chi connectivity index (χ4n) is 1.51. The summed E-state index contributed by atoms with van der Waals surface area (Å²) in [6, 6.07) is 5.27. The van der Waals surface area contributed by atoms with Gasteiger partial charge >= 0.3 is 0 Å². The molecular formula is C13H20N2O3. The molecule has 100 valence electrons. The number of phenols is 1. The number of nitrogens with one attached hydrogen (secondary N) is 2. The quantitative estimate of drug-likeness (QED) is 0.677. The normalized spacial score (nSPS) is 10.1. The van der Waals surface area contributed by atoms with Crippen LogP contribution in [-0.2, 0) is 11.3 Å². The van der Waals surface area contributed by atoms with E-state index in [1.165, 1.54) is 7.11 Å². The summed E-state index contributed by atoms with van der Waals surface area (Å²) in [4.78, 5) is 11.3. The standard InChI is InChI=1S/C13H20N2O3/c1-3-7-15-12(16)9-14-8-10-5-4-6-11(18-2)13(10)17/h4-6,14,17H,3,7-9H2,1-2H3,(H,15,16). The lowest BCUT2D eigenvalue weighted by atomic mass is 10.2. The first kappa shape index (κ1) is 14.3. The van der Waals surface area contributed by atoms with Gasteiger partial charge in [0.05, 0.1) is 13.7 Å². The maximum Gasteiger partial charge on any atom is 0.233 e. The van der Waals surface area contributed by atoms with E-state index < -0.39 is 0 Å². The molecule has 0 atom stereocenters. The van der Waals surface area contributed by atoms with E-state index in [1.807, 2.05) is 6.92 Å². The Morgan fingerprint density at radius 1 is 1.44 bits per heavy atom. The highest BCUT2D eigenvalue weighted by atomic mass is 16.5. The predicted octanol–water partition coefficient (Wildman–Crippen LogP) is 1.02. The molecule has 5 heteroatoms. The lowest BCUT2D eigenvalue weighted by Crippen LogP contribution is -2.33. The van der Waals surface area contributed by atoms with Crippen LogP contribution in [-0.4, -0.2) is 31.2 Å². The molecule has 0 saturated heterocycles. The van der Waals surface area contributed by atoms with Gasteiger partial charge in [0.1, 0.15) is 0 Å². The van der Waals surface area contributed by atoms with Crippen molar-refractivity contribution >= 4 is 5.91 Å². The molecule has 0 unspecified atom stereocenters. The Labute approximate surface area is 107 Å². The Morgan fingerprint density at radius 2 is 2.22 bits per heavy atom. The number of aromatic hydroxyl groups is 1. The van der Waals surface area contributed by atoms with Gasteiger partial charge in [0.25, 0.3) is 0 Å². The Morgan fingerprint density at radius 3 is 2.89 bits per heavy atom. The van der Waals surface area contributed by atoms with E-state index in [1.54, 1.807) is 18.2 Å². The Kier molecular flexibility index (Phi) is 6.00. The second-order valence-electron chi connectivity index (χ2n) is 3.92. The van der Waals surface area contributed by atoms with E-state index in [0.29, 0.717) is 24.4 Å². The summed E-state index contributed by atoms with van der Waals surface area (Å²) in [7, 11) is 1.50. The highest BCUT2D eigenvalue weighted by Gasteiger charge is 2.07. The molecule has 1 rings (SSSR count). The topological polar surface area (TPSA) is 70.6 Å². The van der Waals surface area contributed by atoms with Gasteiger partial charge in [-0.2, -0.15) is 0 Å². The summed E-state index contributed by atoms with van der Waals surface area (Å²) in [5.74, 6) is 0.505. The van der Waals surface area contributed by atoms with Crippen molar-refractivity contribution in [2.75, 3.05) is 20.2 Å². The molecule has 1 amide bonds. The molecule has 0 bridgehead atoms. The highest BCUT2D eigenvalue weighted by Crippen LogP contribution is 2.28. The predicted molar refractivity (Wildman–Crippen MR) is 69.7 cm³/mol. The fourth-order valence-corrected chi connectivity index (χ4v) is 1.51. The molecule has 0 aliphatic rings. The van der Waals surface area contributed by atoms with Gasteiger partial charge in [-0.1, -0.05) is 19.1 Å². The number of para-hydroxylation sites is 1. The van der Waals surface area contributed by atoms with Crippen molar-refractivity contribution in [3.8, 4) is 11.5 Å². The molecule has 1 aromatic carbocycles. The zero-order valence-electron chi connectivity index (χ0n) is 10.8. The van der Waals surface area contributed by atoms with E-state index in [0.717, 1.165) is 6.42 Å². The third kappa shape index (κ3) is 4.25. The number of hydrogen-bond acceptors (Lipinski definition) is 4. The van der Waals surface area contributed by atoms with Crippen molar-refractivity contribution in [1.82, 2.24) is 10.6 Å². The summed E-state index contributed by atoms with van der Waals surface area (Å²) >= 11 is 0. The molecule has 0 heterocycles. The monoisotopic (exact) mass is 252 g/mol. The number of hydrogen-bond donors (Lipinski definition) is 3. The zero-order valence-corrected chi connectivity index (χ0v) is 10.8. The number of amides is 1. The van der Waals surface area contributed by atoms with Gasteiger partial charge in [0, 0.05) is 18.7 Å². The van der Waals surface area contributed by atoms with Crippen LogP contribution in [0.15, 0.2) is 18.2 Å². The van der Waals surface area contributed by atoms with Crippen molar-refractivity contribution < 1.29 is 14.6 Å². The van der Waals surface area contributed by atoms with Crippen LogP contribution < -0.4 is 15.4 Å². The summed E-state index contributed by atoms with van der Waals surface area (Å²) in [5, 5.41) is 15.6. The van der Waals surface area contributed by atoms with Crippen LogP contribution in [0.25, 0.3) is 0 Å². The van der Waals surface area contributed by atoms with Crippen molar-refractivity contribution in [2.45, 2.75) is 19.9 Å². The van der Waals surface area contributed by atoms with Crippen molar-refractivity contribution in [1.29, 1.82) is 0 Å². The van der Waals surface area contributed by atoms with Gasteiger partial charge in [0.15, 0.2) is 11.5 Å². The number of carbonyl (C=O) groups is 1. The Bertz CT molecular complexity index is 394. The van der Waals surface area contributed by atoms with Crippen LogP contribution in [0, 0.1) is 0 Å². The second kappa shape index (κ2) is 7.55. The fraction of sp³-hybridized carbons (Fsp3) is 0.462. The second-order valence-corrected chi connectivity index (χ2v) is 3.92. The maximum absolute atomic E-state index is 11.3. The van der Waals surface area contributed by atoms with Gasteiger partial charge < -0.3 is 20.5 Å². The van der Waals surface area contributed by atoms with Gasteiger partial charge in [-0.3, -0.25) is 4.79 Å². The van der Waals surface area contributed by atoms with Crippen LogP contribution in [0.1, 0.15) is 18.9 Å². The minimum Gasteiger partial charge on any atom is -0.504 e. The van der Waals surface area contributed by atoms with E-state index in [2.05, 4.69) is 10.6 Å². The van der Waals surface area contributed by atoms with Gasteiger partial charge in [-0.25, -0.2) is 0 Å². The third-order valence-electron chi connectivity index (χ3n) is 2.48. The van der Waals surface area contributed by atoms with Gasteiger partial charge in [-0.05, 0) is 12.5 Å². The molecule has 0 aromatic heterocycles. The first-order chi connectivity index (χ1) is 8.69. The SMILES string of the molecule is CCCNC(=O)CNCc1cccc(OC)c1O. The van der Waals surface area contributed by atoms with E-state index in [4.69, 9.17) is 4.74 Å². The molecule has 1 aromatic rings. The molecule has 18 heavy (non-hydrogen) atoms. The summed E-state index contributed by atoms with van der Waals surface area (Å²) in [6.45, 7) is 3.34. The number of rotatable bonds is 7. The lowest BCUT2D eigenvalue weighted by molar-refractivity contribution is -0.120. The summed E-state index contributed by atoms with van der Waals surface area (Å²) < 4.78 is 5.01. The summed E-state index contributed by atoms with van der Waals surface area (Å²) in [6.07, 6.45) is 0.919. The van der Waals surface area contributed by atoms with E-state index in [9.17, 15) is 9.90 Å². The number of benzene rings is 1. The minimum atomic E-state index is -0.0424. The lowest BCUT2D eigenvalue weighted by Gasteiger charge is -2.09. The molecule has 0 fully saturated rings.